The number of benzene rings is 1. The van der Waals surface area contributed by atoms with Crippen LogP contribution in [0.2, 0.25) is 0 Å². The molecule has 7 nitrogen and oxygen atoms in total. The molecule has 1 aromatic carbocycles. The molecular formula is C20H26N4O3. The van der Waals surface area contributed by atoms with Crippen LogP contribution >= 0.6 is 0 Å². The molecule has 0 aliphatic carbocycles. The fourth-order valence-electron chi connectivity index (χ4n) is 3.96. The number of nitriles is 1. The van der Waals surface area contributed by atoms with Gasteiger partial charge in [-0.2, -0.15) is 5.26 Å². The average molecular weight is 370 g/mol. The van der Waals surface area contributed by atoms with Crippen molar-refractivity contribution in [2.75, 3.05) is 26.2 Å². The topological polar surface area (TPSA) is 105 Å². The van der Waals surface area contributed by atoms with Crippen molar-refractivity contribution >= 4 is 12.0 Å². The molecule has 2 aliphatic heterocycles. The summed E-state index contributed by atoms with van der Waals surface area (Å²) in [4.78, 5) is 24.9. The molecule has 1 unspecified atom stereocenters. The lowest BCUT2D eigenvalue weighted by Gasteiger charge is -2.28. The molecule has 7 heteroatoms. The summed E-state index contributed by atoms with van der Waals surface area (Å²) in [5.41, 5.74) is 2.18. The molecule has 0 radical (unpaired) electrons. The Kier molecular flexibility index (Phi) is 6.30. The van der Waals surface area contributed by atoms with Crippen molar-refractivity contribution in [2.45, 2.75) is 38.1 Å². The summed E-state index contributed by atoms with van der Waals surface area (Å²) in [5.74, 6) is -0.221. The van der Waals surface area contributed by atoms with Crippen molar-refractivity contribution in [3.63, 3.8) is 0 Å². The summed E-state index contributed by atoms with van der Waals surface area (Å²) < 4.78 is 0. The van der Waals surface area contributed by atoms with E-state index >= 15 is 0 Å². The molecule has 144 valence electrons. The van der Waals surface area contributed by atoms with Gasteiger partial charge in [0.05, 0.1) is 17.7 Å². The van der Waals surface area contributed by atoms with Crippen LogP contribution in [0.4, 0.5) is 4.79 Å². The number of nitrogens with one attached hydrogen (secondary N) is 2. The summed E-state index contributed by atoms with van der Waals surface area (Å²) in [7, 11) is 0. The molecule has 2 heterocycles. The summed E-state index contributed by atoms with van der Waals surface area (Å²) in [6.45, 7) is 3.26. The minimum absolute atomic E-state index is 0.0378. The lowest BCUT2D eigenvalue weighted by molar-refractivity contribution is -0.136. The van der Waals surface area contributed by atoms with Gasteiger partial charge in [0.2, 0.25) is 0 Å². The average Bonchev–Trinajstić information content (AvgIpc) is 3.05. The third-order valence-corrected chi connectivity index (χ3v) is 5.55. The largest absolute Gasteiger partial charge is 0.481 e. The van der Waals surface area contributed by atoms with Gasteiger partial charge in [-0.25, -0.2) is 4.79 Å². The van der Waals surface area contributed by atoms with Gasteiger partial charge in [-0.3, -0.25) is 4.79 Å². The molecule has 1 atom stereocenters. The van der Waals surface area contributed by atoms with E-state index in [1.807, 2.05) is 17.0 Å². The Morgan fingerprint density at radius 1 is 1.33 bits per heavy atom. The Balaban J connectivity index is 1.71. The highest BCUT2D eigenvalue weighted by Crippen LogP contribution is 2.29. The fraction of sp³-hybridized carbons (Fsp3) is 0.550. The molecule has 2 aliphatic rings. The van der Waals surface area contributed by atoms with Gasteiger partial charge >= 0.3 is 12.0 Å². The quantitative estimate of drug-likeness (QED) is 0.681. The molecule has 3 N–H and O–H groups in total. The van der Waals surface area contributed by atoms with Gasteiger partial charge in [0.15, 0.2) is 0 Å². The van der Waals surface area contributed by atoms with Crippen LogP contribution in [-0.4, -0.2) is 48.2 Å². The van der Waals surface area contributed by atoms with Crippen LogP contribution in [0, 0.1) is 17.2 Å². The van der Waals surface area contributed by atoms with Gasteiger partial charge < -0.3 is 20.6 Å². The van der Waals surface area contributed by atoms with E-state index in [4.69, 9.17) is 5.11 Å². The molecule has 3 rings (SSSR count). The second kappa shape index (κ2) is 8.87. The second-order valence-electron chi connectivity index (χ2n) is 7.30. The molecule has 0 spiro atoms. The van der Waals surface area contributed by atoms with E-state index in [0.29, 0.717) is 31.0 Å². The number of aliphatic carboxylic acids is 1. The van der Waals surface area contributed by atoms with E-state index in [0.717, 1.165) is 43.5 Å². The van der Waals surface area contributed by atoms with Crippen LogP contribution in [-0.2, 0) is 11.2 Å². The molecular weight excluding hydrogens is 344 g/mol. The standard InChI is InChI=1S/C20H26N4O3/c21-12-16-11-15(2-4-19(25)26)1-3-17(16)18-13-23-20(27)24(18)10-7-14-5-8-22-9-6-14/h1,3,11,14,18,22H,2,4-10,13H2,(H,23,27)(H,25,26). The number of hydrogen-bond acceptors (Lipinski definition) is 4. The third kappa shape index (κ3) is 4.77. The molecule has 2 amide bonds. The monoisotopic (exact) mass is 370 g/mol. The summed E-state index contributed by atoms with van der Waals surface area (Å²) >= 11 is 0. The van der Waals surface area contributed by atoms with E-state index < -0.39 is 5.97 Å². The maximum Gasteiger partial charge on any atom is 0.318 e. The lowest BCUT2D eigenvalue weighted by atomic mass is 9.93. The zero-order valence-electron chi connectivity index (χ0n) is 15.4. The fourth-order valence-corrected chi connectivity index (χ4v) is 3.96. The number of hydrogen-bond donors (Lipinski definition) is 3. The van der Waals surface area contributed by atoms with E-state index in [2.05, 4.69) is 16.7 Å². The minimum Gasteiger partial charge on any atom is -0.481 e. The number of carboxylic acid groups (broad SMARTS) is 1. The van der Waals surface area contributed by atoms with Crippen LogP contribution in [0.5, 0.6) is 0 Å². The zero-order chi connectivity index (χ0) is 19.2. The van der Waals surface area contributed by atoms with Gasteiger partial charge in [-0.05, 0) is 61.9 Å². The lowest BCUT2D eigenvalue weighted by Crippen LogP contribution is -2.34. The molecule has 0 saturated carbocycles. The third-order valence-electron chi connectivity index (χ3n) is 5.55. The Labute approximate surface area is 159 Å². The molecule has 0 bridgehead atoms. The Morgan fingerprint density at radius 2 is 2.11 bits per heavy atom. The summed E-state index contributed by atoms with van der Waals surface area (Å²) in [6, 6.07) is 7.49. The van der Waals surface area contributed by atoms with E-state index in [1.54, 1.807) is 6.07 Å². The SMILES string of the molecule is N#Cc1cc(CCC(=O)O)ccc1C1CNC(=O)N1CCC1CCNCC1. The van der Waals surface area contributed by atoms with E-state index in [1.165, 1.54) is 0 Å². The number of carboxylic acids is 1. The number of carbonyl (C=O) groups is 2. The van der Waals surface area contributed by atoms with Crippen molar-refractivity contribution < 1.29 is 14.7 Å². The maximum absolute atomic E-state index is 12.3. The summed E-state index contributed by atoms with van der Waals surface area (Å²) in [6.07, 6.45) is 3.69. The normalized spacial score (nSPS) is 20.3. The highest BCUT2D eigenvalue weighted by molar-refractivity contribution is 5.77. The predicted molar refractivity (Wildman–Crippen MR) is 100 cm³/mol. The number of piperidine rings is 1. The first-order valence-corrected chi connectivity index (χ1v) is 9.58. The molecule has 2 saturated heterocycles. The maximum atomic E-state index is 12.3. The Bertz CT molecular complexity index is 737. The van der Waals surface area contributed by atoms with Crippen molar-refractivity contribution in [1.29, 1.82) is 5.26 Å². The molecule has 0 aromatic heterocycles. The van der Waals surface area contributed by atoms with Crippen molar-refractivity contribution in [1.82, 2.24) is 15.5 Å². The molecule has 2 fully saturated rings. The summed E-state index contributed by atoms with van der Waals surface area (Å²) in [5, 5.41) is 24.7. The Morgan fingerprint density at radius 3 is 2.81 bits per heavy atom. The number of amides is 2. The first-order valence-electron chi connectivity index (χ1n) is 9.58. The van der Waals surface area contributed by atoms with Crippen molar-refractivity contribution in [2.24, 2.45) is 5.92 Å². The van der Waals surface area contributed by atoms with Gasteiger partial charge in [-0.15, -0.1) is 0 Å². The first kappa shape index (κ1) is 19.2. The predicted octanol–water partition coefficient (Wildman–Crippen LogP) is 2.03. The van der Waals surface area contributed by atoms with Crippen LogP contribution in [0.3, 0.4) is 0 Å². The highest BCUT2D eigenvalue weighted by atomic mass is 16.4. The van der Waals surface area contributed by atoms with Crippen molar-refractivity contribution in [3.8, 4) is 6.07 Å². The number of carbonyl (C=O) groups excluding carboxylic acids is 1. The van der Waals surface area contributed by atoms with E-state index in [-0.39, 0.29) is 18.5 Å². The molecule has 1 aromatic rings. The van der Waals surface area contributed by atoms with Crippen LogP contribution in [0.25, 0.3) is 0 Å². The minimum atomic E-state index is -0.854. The number of nitrogens with zero attached hydrogens (tertiary/aromatic N) is 2. The highest BCUT2D eigenvalue weighted by Gasteiger charge is 2.33. The van der Waals surface area contributed by atoms with Gasteiger partial charge in [0.25, 0.3) is 0 Å². The van der Waals surface area contributed by atoms with Gasteiger partial charge in [0.1, 0.15) is 0 Å². The zero-order valence-corrected chi connectivity index (χ0v) is 15.4. The van der Waals surface area contributed by atoms with Crippen LogP contribution < -0.4 is 10.6 Å². The van der Waals surface area contributed by atoms with Crippen LogP contribution in [0.1, 0.15) is 48.4 Å². The molecule has 27 heavy (non-hydrogen) atoms. The number of aryl methyl sites for hydroxylation is 1. The van der Waals surface area contributed by atoms with Crippen molar-refractivity contribution in [3.05, 3.63) is 34.9 Å². The Hall–Kier alpha value is -2.59. The number of urea groups is 1. The van der Waals surface area contributed by atoms with E-state index in [9.17, 15) is 14.9 Å². The first-order chi connectivity index (χ1) is 13.1. The van der Waals surface area contributed by atoms with Gasteiger partial charge in [0, 0.05) is 19.5 Å². The van der Waals surface area contributed by atoms with Crippen LogP contribution in [0.15, 0.2) is 18.2 Å². The second-order valence-corrected chi connectivity index (χ2v) is 7.30. The number of rotatable bonds is 7. The van der Waals surface area contributed by atoms with Gasteiger partial charge in [-0.1, -0.05) is 12.1 Å². The smallest absolute Gasteiger partial charge is 0.318 e.